The Morgan fingerprint density at radius 1 is 1.22 bits per heavy atom. The fourth-order valence-corrected chi connectivity index (χ4v) is 3.02. The zero-order valence-electron chi connectivity index (χ0n) is 15.7. The van der Waals surface area contributed by atoms with Crippen molar-refractivity contribution in [1.82, 2.24) is 39.7 Å². The van der Waals surface area contributed by atoms with E-state index in [9.17, 15) is 8.78 Å². The molecule has 4 heterocycles. The zero-order chi connectivity index (χ0) is 19.4. The van der Waals surface area contributed by atoms with Crippen LogP contribution < -0.4 is 4.90 Å². The molecule has 0 saturated carbocycles. The van der Waals surface area contributed by atoms with Crippen LogP contribution in [0.4, 0.5) is 14.6 Å². The first-order chi connectivity index (χ1) is 12.6. The fourth-order valence-electron chi connectivity index (χ4n) is 3.02. The van der Waals surface area contributed by atoms with E-state index in [1.807, 2.05) is 20.8 Å². The van der Waals surface area contributed by atoms with Crippen LogP contribution in [0, 0.1) is 0 Å². The molecule has 0 N–H and O–H groups in total. The molecule has 4 rings (SSSR count). The third kappa shape index (κ3) is 3.21. The Morgan fingerprint density at radius 3 is 2.59 bits per heavy atom. The second-order valence-electron chi connectivity index (χ2n) is 7.87. The second kappa shape index (κ2) is 5.89. The lowest BCUT2D eigenvalue weighted by Gasteiger charge is -2.22. The highest BCUT2D eigenvalue weighted by atomic mass is 19.3. The molecule has 11 heteroatoms. The summed E-state index contributed by atoms with van der Waals surface area (Å²) in [6.07, 6.45) is 1.26. The summed E-state index contributed by atoms with van der Waals surface area (Å²) in [4.78, 5) is 15.0. The molecule has 1 fully saturated rings. The maximum Gasteiger partial charge on any atom is 0.266 e. The second-order valence-corrected chi connectivity index (χ2v) is 7.87. The van der Waals surface area contributed by atoms with Gasteiger partial charge in [0.25, 0.3) is 5.92 Å². The maximum atomic E-state index is 13.8. The Morgan fingerprint density at radius 2 is 2.00 bits per heavy atom. The van der Waals surface area contributed by atoms with Gasteiger partial charge >= 0.3 is 0 Å². The first-order valence-corrected chi connectivity index (χ1v) is 8.71. The zero-order valence-corrected chi connectivity index (χ0v) is 15.7. The smallest absolute Gasteiger partial charge is 0.266 e. The fraction of sp³-hybridized carbons (Fsp3) is 0.625. The summed E-state index contributed by atoms with van der Waals surface area (Å²) in [5, 5.41) is 12.4. The van der Waals surface area contributed by atoms with E-state index in [4.69, 9.17) is 0 Å². The number of hydrogen-bond donors (Lipinski definition) is 0. The van der Waals surface area contributed by atoms with Gasteiger partial charge in [0, 0.05) is 25.4 Å². The van der Waals surface area contributed by atoms with Crippen molar-refractivity contribution in [3.63, 3.8) is 0 Å². The van der Waals surface area contributed by atoms with Crippen molar-refractivity contribution in [2.45, 2.75) is 45.1 Å². The topological polar surface area (TPSA) is 90.4 Å². The predicted molar refractivity (Wildman–Crippen MR) is 93.7 cm³/mol. The predicted octanol–water partition coefficient (Wildman–Crippen LogP) is 1.54. The minimum Gasteiger partial charge on any atom is -0.348 e. The molecule has 0 aliphatic carbocycles. The largest absolute Gasteiger partial charge is 0.348 e. The molecule has 1 aliphatic heterocycles. The highest BCUT2D eigenvalue weighted by Crippen LogP contribution is 2.34. The maximum absolute atomic E-state index is 13.8. The van der Waals surface area contributed by atoms with Gasteiger partial charge in [-0.05, 0) is 0 Å². The number of aromatic nitrogens is 8. The third-order valence-electron chi connectivity index (χ3n) is 4.58. The van der Waals surface area contributed by atoms with Crippen LogP contribution >= 0.6 is 0 Å². The molecule has 0 bridgehead atoms. The average Bonchev–Trinajstić information content (AvgIpc) is 3.26. The van der Waals surface area contributed by atoms with Crippen LogP contribution in [0.5, 0.6) is 0 Å². The van der Waals surface area contributed by atoms with Crippen molar-refractivity contribution in [1.29, 1.82) is 0 Å². The van der Waals surface area contributed by atoms with E-state index < -0.39 is 5.92 Å². The van der Waals surface area contributed by atoms with Gasteiger partial charge in [-0.25, -0.2) is 28.4 Å². The van der Waals surface area contributed by atoms with Gasteiger partial charge in [-0.2, -0.15) is 5.10 Å². The number of alkyl halides is 2. The summed E-state index contributed by atoms with van der Waals surface area (Å²) in [5.41, 5.74) is 0.566. The van der Waals surface area contributed by atoms with Crippen LogP contribution in [0.3, 0.4) is 0 Å². The van der Waals surface area contributed by atoms with E-state index in [2.05, 4.69) is 30.4 Å². The van der Waals surface area contributed by atoms with E-state index >= 15 is 0 Å². The summed E-state index contributed by atoms with van der Waals surface area (Å²) in [6.45, 7) is 6.11. The highest BCUT2D eigenvalue weighted by molar-refractivity contribution is 5.83. The minimum absolute atomic E-state index is 0.198. The number of fused-ring (bicyclic) bond motifs is 1. The molecule has 3 aromatic heterocycles. The number of aryl methyl sites for hydroxylation is 1. The minimum atomic E-state index is -2.73. The Kier molecular flexibility index (Phi) is 3.86. The van der Waals surface area contributed by atoms with Gasteiger partial charge in [0.2, 0.25) is 0 Å². The van der Waals surface area contributed by atoms with Gasteiger partial charge in [-0.3, -0.25) is 4.68 Å². The van der Waals surface area contributed by atoms with Gasteiger partial charge in [-0.15, -0.1) is 5.10 Å². The molecule has 144 valence electrons. The Hall–Kier alpha value is -2.72. The molecule has 9 nitrogen and oxygen atoms in total. The van der Waals surface area contributed by atoms with E-state index in [0.29, 0.717) is 35.2 Å². The standard InChI is InChI=1S/C16H21F2N9/c1-15(2,3)14-21-12(26-6-5-16(17,18)8-26)11-13(22-14)27(24-23-11)7-10-19-9-20-25(10)4/h9H,5-8H2,1-4H3. The van der Waals surface area contributed by atoms with Crippen molar-refractivity contribution < 1.29 is 8.78 Å². The van der Waals surface area contributed by atoms with Gasteiger partial charge in [0.05, 0.1) is 6.54 Å². The Balaban J connectivity index is 1.84. The molecule has 0 radical (unpaired) electrons. The van der Waals surface area contributed by atoms with Crippen LogP contribution in [0.1, 0.15) is 38.8 Å². The first kappa shape index (κ1) is 17.7. The first-order valence-electron chi connectivity index (χ1n) is 8.71. The lowest BCUT2D eigenvalue weighted by Crippen LogP contribution is -2.27. The molecular weight excluding hydrogens is 356 g/mol. The van der Waals surface area contributed by atoms with Crippen LogP contribution in [-0.2, 0) is 19.0 Å². The normalized spacial score (nSPS) is 17.2. The molecule has 1 aliphatic rings. The number of nitrogens with zero attached hydrogens (tertiary/aromatic N) is 9. The molecule has 27 heavy (non-hydrogen) atoms. The van der Waals surface area contributed by atoms with Gasteiger partial charge in [0.1, 0.15) is 24.5 Å². The van der Waals surface area contributed by atoms with E-state index in [-0.39, 0.29) is 24.9 Å². The third-order valence-corrected chi connectivity index (χ3v) is 4.58. The van der Waals surface area contributed by atoms with Crippen LogP contribution in [0.2, 0.25) is 0 Å². The molecule has 0 unspecified atom stereocenters. The number of halogens is 2. The summed E-state index contributed by atoms with van der Waals surface area (Å²) < 4.78 is 30.8. The molecule has 0 amide bonds. The van der Waals surface area contributed by atoms with Gasteiger partial charge in [-0.1, -0.05) is 26.0 Å². The SMILES string of the molecule is Cn1ncnc1Cn1nnc2c(N3CCC(F)(F)C3)nc(C(C)(C)C)nc21. The van der Waals surface area contributed by atoms with Crippen LogP contribution in [-0.4, -0.2) is 58.7 Å². The summed E-state index contributed by atoms with van der Waals surface area (Å²) >= 11 is 0. The average molecular weight is 377 g/mol. The van der Waals surface area contributed by atoms with Gasteiger partial charge in [0.15, 0.2) is 17.0 Å². The van der Waals surface area contributed by atoms with Crippen molar-refractivity contribution in [2.75, 3.05) is 18.0 Å². The van der Waals surface area contributed by atoms with Crippen molar-refractivity contribution in [2.24, 2.45) is 7.05 Å². The number of hydrogen-bond acceptors (Lipinski definition) is 7. The van der Waals surface area contributed by atoms with Crippen molar-refractivity contribution in [3.05, 3.63) is 18.0 Å². The van der Waals surface area contributed by atoms with Crippen LogP contribution in [0.15, 0.2) is 6.33 Å². The van der Waals surface area contributed by atoms with E-state index in [1.165, 1.54) is 6.33 Å². The Labute approximate surface area is 154 Å². The van der Waals surface area contributed by atoms with E-state index in [0.717, 1.165) is 0 Å². The molecular formula is C16H21F2N9. The lowest BCUT2D eigenvalue weighted by atomic mass is 9.96. The van der Waals surface area contributed by atoms with Crippen molar-refractivity contribution in [3.8, 4) is 0 Å². The number of rotatable bonds is 3. The van der Waals surface area contributed by atoms with Gasteiger partial charge < -0.3 is 4.90 Å². The number of anilines is 1. The molecule has 1 saturated heterocycles. The summed E-state index contributed by atoms with van der Waals surface area (Å²) in [7, 11) is 1.79. The quantitative estimate of drug-likeness (QED) is 0.684. The highest BCUT2D eigenvalue weighted by Gasteiger charge is 2.40. The van der Waals surface area contributed by atoms with Crippen molar-refractivity contribution >= 4 is 17.0 Å². The van der Waals surface area contributed by atoms with E-state index in [1.54, 1.807) is 21.3 Å². The summed E-state index contributed by atoms with van der Waals surface area (Å²) in [6, 6.07) is 0. The lowest BCUT2D eigenvalue weighted by molar-refractivity contribution is 0.0257. The van der Waals surface area contributed by atoms with Crippen LogP contribution in [0.25, 0.3) is 11.2 Å². The molecule has 3 aromatic rings. The molecule has 0 aromatic carbocycles. The Bertz CT molecular complexity index is 986. The summed E-state index contributed by atoms with van der Waals surface area (Å²) in [5.74, 6) is -1.08. The monoisotopic (exact) mass is 377 g/mol. The molecule has 0 spiro atoms. The molecule has 0 atom stereocenters.